The van der Waals surface area contributed by atoms with Gasteiger partial charge in [0.05, 0.1) is 30.8 Å². The molecule has 154 valence electrons. The molecule has 2 saturated heterocycles. The van der Waals surface area contributed by atoms with Crippen molar-refractivity contribution in [1.82, 2.24) is 9.79 Å². The van der Waals surface area contributed by atoms with Crippen LogP contribution in [0.1, 0.15) is 32.1 Å². The van der Waals surface area contributed by atoms with Crippen LogP contribution in [-0.2, 0) is 24.3 Å². The topological polar surface area (TPSA) is 114 Å². The van der Waals surface area contributed by atoms with Gasteiger partial charge in [0.25, 0.3) is 5.91 Å². The molecule has 3 fully saturated rings. The molecule has 3 atom stereocenters. The summed E-state index contributed by atoms with van der Waals surface area (Å²) in [6, 6.07) is 4.79. The van der Waals surface area contributed by atoms with E-state index in [2.05, 4.69) is 0 Å². The number of amides is 1. The van der Waals surface area contributed by atoms with Crippen molar-refractivity contribution < 1.29 is 32.6 Å². The number of nitrogens with one attached hydrogen (secondary N) is 1. The number of hydrogen-bond acceptors (Lipinski definition) is 7. The van der Waals surface area contributed by atoms with Crippen LogP contribution < -0.4 is 10.2 Å². The van der Waals surface area contributed by atoms with Gasteiger partial charge in [0.15, 0.2) is 5.79 Å². The number of hydrogen-bond donors (Lipinski definition) is 2. The molecule has 1 saturated carbocycles. The first-order valence-corrected chi connectivity index (χ1v) is 10.8. The molecule has 28 heavy (non-hydrogen) atoms. The lowest BCUT2D eigenvalue weighted by Gasteiger charge is -2.23. The fraction of sp³-hybridized carbons (Fsp3) is 0.611. The van der Waals surface area contributed by atoms with E-state index in [-0.39, 0.29) is 30.1 Å². The molecule has 3 aliphatic rings. The number of benzene rings is 1. The molecule has 0 aromatic heterocycles. The standard InChI is InChI=1S/C18H24N2O7S/c1-25-12-6-8-13(9-7-12)28(23,24)20-11-18(10-14(20)17(21)19-22)26-15-4-2-3-5-16(15)27-18/h6-9,14-16,22H,2-5,10-11H2,1H3,(H,19,21)/t14-,15-,16-/m1/s1. The molecule has 1 aromatic rings. The first-order valence-electron chi connectivity index (χ1n) is 9.34. The number of ether oxygens (including phenoxy) is 3. The summed E-state index contributed by atoms with van der Waals surface area (Å²) in [7, 11) is -2.53. The van der Waals surface area contributed by atoms with Gasteiger partial charge in [-0.2, -0.15) is 4.31 Å². The highest BCUT2D eigenvalue weighted by Gasteiger charge is 2.59. The highest BCUT2D eigenvalue weighted by molar-refractivity contribution is 7.89. The first kappa shape index (κ1) is 19.6. The van der Waals surface area contributed by atoms with Crippen molar-refractivity contribution >= 4 is 15.9 Å². The van der Waals surface area contributed by atoms with Crippen LogP contribution in [0.2, 0.25) is 0 Å². The van der Waals surface area contributed by atoms with E-state index >= 15 is 0 Å². The zero-order valence-corrected chi connectivity index (χ0v) is 16.4. The maximum Gasteiger partial charge on any atom is 0.261 e. The van der Waals surface area contributed by atoms with Crippen LogP contribution in [0, 0.1) is 0 Å². The average molecular weight is 412 g/mol. The Balaban J connectivity index is 1.64. The summed E-state index contributed by atoms with van der Waals surface area (Å²) in [5.41, 5.74) is 1.57. The van der Waals surface area contributed by atoms with Crippen molar-refractivity contribution in [3.8, 4) is 5.75 Å². The molecule has 1 aromatic carbocycles. The predicted molar refractivity (Wildman–Crippen MR) is 96.2 cm³/mol. The molecule has 0 radical (unpaired) electrons. The van der Waals surface area contributed by atoms with Crippen LogP contribution in [0.5, 0.6) is 5.75 Å². The SMILES string of the molecule is COc1ccc(S(=O)(=O)N2CC3(C[C@@H]2C(=O)NO)O[C@@H]2CCCC[C@H]2O3)cc1. The summed E-state index contributed by atoms with van der Waals surface area (Å²) < 4.78 is 44.8. The zero-order valence-electron chi connectivity index (χ0n) is 15.5. The van der Waals surface area contributed by atoms with Gasteiger partial charge in [-0.05, 0) is 37.1 Å². The quantitative estimate of drug-likeness (QED) is 0.560. The van der Waals surface area contributed by atoms with Crippen molar-refractivity contribution in [2.75, 3.05) is 13.7 Å². The third-order valence-corrected chi connectivity index (χ3v) is 7.57. The maximum atomic E-state index is 13.2. The predicted octanol–water partition coefficient (Wildman–Crippen LogP) is 1.02. The molecule has 9 nitrogen and oxygen atoms in total. The molecule has 4 rings (SSSR count). The number of fused-ring (bicyclic) bond motifs is 1. The molecule has 2 N–H and O–H groups in total. The van der Waals surface area contributed by atoms with E-state index in [0.29, 0.717) is 5.75 Å². The smallest absolute Gasteiger partial charge is 0.261 e. The minimum atomic E-state index is -4.02. The van der Waals surface area contributed by atoms with Gasteiger partial charge in [0.2, 0.25) is 10.0 Å². The van der Waals surface area contributed by atoms with Gasteiger partial charge in [-0.15, -0.1) is 0 Å². The fourth-order valence-electron chi connectivity index (χ4n) is 4.32. The Morgan fingerprint density at radius 3 is 2.36 bits per heavy atom. The summed E-state index contributed by atoms with van der Waals surface area (Å²) in [4.78, 5) is 12.3. The second-order valence-corrected chi connectivity index (χ2v) is 9.32. The van der Waals surface area contributed by atoms with E-state index < -0.39 is 27.8 Å². The molecular formula is C18H24N2O7S. The zero-order chi connectivity index (χ0) is 19.9. The van der Waals surface area contributed by atoms with Crippen LogP contribution in [-0.4, -0.2) is 61.5 Å². The Kier molecular flexibility index (Phi) is 5.09. The molecular weight excluding hydrogens is 388 g/mol. The third kappa shape index (κ3) is 3.29. The summed E-state index contributed by atoms with van der Waals surface area (Å²) in [6.45, 7) is -0.105. The normalized spacial score (nSPS) is 29.6. The molecule has 0 bridgehead atoms. The summed E-state index contributed by atoms with van der Waals surface area (Å²) in [6.07, 6.45) is 3.64. The maximum absolute atomic E-state index is 13.2. The highest BCUT2D eigenvalue weighted by Crippen LogP contribution is 2.45. The molecule has 1 aliphatic carbocycles. The van der Waals surface area contributed by atoms with Crippen molar-refractivity contribution in [2.24, 2.45) is 0 Å². The van der Waals surface area contributed by atoms with E-state index in [9.17, 15) is 13.2 Å². The minimum absolute atomic E-state index is 0.0245. The van der Waals surface area contributed by atoms with Crippen molar-refractivity contribution in [3.63, 3.8) is 0 Å². The van der Waals surface area contributed by atoms with Crippen LogP contribution >= 0.6 is 0 Å². The lowest BCUT2D eigenvalue weighted by Crippen LogP contribution is -2.45. The lowest BCUT2D eigenvalue weighted by atomic mass is 9.95. The van der Waals surface area contributed by atoms with E-state index in [1.165, 1.54) is 31.4 Å². The van der Waals surface area contributed by atoms with Gasteiger partial charge < -0.3 is 14.2 Å². The number of rotatable bonds is 4. The van der Waals surface area contributed by atoms with Gasteiger partial charge in [-0.1, -0.05) is 12.8 Å². The van der Waals surface area contributed by atoms with Crippen LogP contribution in [0.15, 0.2) is 29.2 Å². The summed E-state index contributed by atoms with van der Waals surface area (Å²) >= 11 is 0. The van der Waals surface area contributed by atoms with Crippen molar-refractivity contribution in [1.29, 1.82) is 0 Å². The van der Waals surface area contributed by atoms with Gasteiger partial charge in [-0.25, -0.2) is 13.9 Å². The second-order valence-electron chi connectivity index (χ2n) is 7.43. The average Bonchev–Trinajstić information content (AvgIpc) is 3.27. The van der Waals surface area contributed by atoms with E-state index in [0.717, 1.165) is 30.0 Å². The fourth-order valence-corrected chi connectivity index (χ4v) is 5.95. The number of sulfonamides is 1. The molecule has 10 heteroatoms. The number of carbonyl (C=O) groups excluding carboxylic acids is 1. The minimum Gasteiger partial charge on any atom is -0.497 e. The number of hydroxylamine groups is 1. The number of methoxy groups -OCH3 is 1. The summed E-state index contributed by atoms with van der Waals surface area (Å²) in [5.74, 6) is -1.46. The Labute approximate surface area is 163 Å². The van der Waals surface area contributed by atoms with E-state index in [4.69, 9.17) is 19.4 Å². The Bertz CT molecular complexity index is 828. The van der Waals surface area contributed by atoms with E-state index in [1.807, 2.05) is 0 Å². The largest absolute Gasteiger partial charge is 0.497 e. The second kappa shape index (κ2) is 7.27. The van der Waals surface area contributed by atoms with Crippen LogP contribution in [0.3, 0.4) is 0 Å². The monoisotopic (exact) mass is 412 g/mol. The van der Waals surface area contributed by atoms with E-state index in [1.54, 1.807) is 5.48 Å². The molecule has 0 unspecified atom stereocenters. The number of carbonyl (C=O) groups is 1. The van der Waals surface area contributed by atoms with Crippen molar-refractivity contribution in [2.45, 2.75) is 61.0 Å². The summed E-state index contributed by atoms with van der Waals surface area (Å²) in [5, 5.41) is 9.14. The molecule has 2 heterocycles. The molecule has 1 amide bonds. The lowest BCUT2D eigenvalue weighted by molar-refractivity contribution is -0.163. The first-order chi connectivity index (χ1) is 13.4. The van der Waals surface area contributed by atoms with Gasteiger partial charge in [0, 0.05) is 6.42 Å². The van der Waals surface area contributed by atoms with Gasteiger partial charge in [-0.3, -0.25) is 10.0 Å². The Morgan fingerprint density at radius 2 is 1.82 bits per heavy atom. The van der Waals surface area contributed by atoms with Crippen LogP contribution in [0.4, 0.5) is 0 Å². The van der Waals surface area contributed by atoms with Gasteiger partial charge in [0.1, 0.15) is 11.8 Å². The number of nitrogens with zero attached hydrogens (tertiary/aromatic N) is 1. The highest BCUT2D eigenvalue weighted by atomic mass is 32.2. The molecule has 1 spiro atoms. The Morgan fingerprint density at radius 1 is 1.21 bits per heavy atom. The Hall–Kier alpha value is -1.72. The van der Waals surface area contributed by atoms with Gasteiger partial charge >= 0.3 is 0 Å². The van der Waals surface area contributed by atoms with Crippen LogP contribution in [0.25, 0.3) is 0 Å². The third-order valence-electron chi connectivity index (χ3n) is 5.70. The molecule has 2 aliphatic heterocycles. The van der Waals surface area contributed by atoms with Crippen molar-refractivity contribution in [3.05, 3.63) is 24.3 Å².